The van der Waals surface area contributed by atoms with Gasteiger partial charge in [-0.2, -0.15) is 0 Å². The summed E-state index contributed by atoms with van der Waals surface area (Å²) in [5.74, 6) is -1.06. The Morgan fingerprint density at radius 3 is 2.49 bits per heavy atom. The summed E-state index contributed by atoms with van der Waals surface area (Å²) >= 11 is 0. The Hall–Kier alpha value is -5.04. The van der Waals surface area contributed by atoms with Gasteiger partial charge in [0.05, 0.1) is 25.3 Å². The maximum atomic E-state index is 14.1. The summed E-state index contributed by atoms with van der Waals surface area (Å²) in [5.41, 5.74) is 3.58. The number of nitrogens with zero attached hydrogens (tertiary/aromatic N) is 2. The quantitative estimate of drug-likeness (QED) is 0.0532. The van der Waals surface area contributed by atoms with Crippen LogP contribution in [0.3, 0.4) is 0 Å². The van der Waals surface area contributed by atoms with Crippen molar-refractivity contribution in [3.8, 4) is 17.2 Å². The fourth-order valence-corrected chi connectivity index (χ4v) is 8.85. The van der Waals surface area contributed by atoms with Gasteiger partial charge < -0.3 is 34.0 Å². The first-order valence-electron chi connectivity index (χ1n) is 19.8. The molecule has 3 aliphatic rings. The molecule has 1 amide bonds. The van der Waals surface area contributed by atoms with Crippen LogP contribution >= 0.6 is 0 Å². The average molecular weight is 785 g/mol. The lowest BCUT2D eigenvalue weighted by Gasteiger charge is -2.59. The Balaban J connectivity index is 1.59. The molecule has 304 valence electrons. The highest BCUT2D eigenvalue weighted by Crippen LogP contribution is 2.62. The van der Waals surface area contributed by atoms with Crippen molar-refractivity contribution >= 4 is 18.1 Å². The standard InChI is InChI=1S/C45H53FN2O9/c1-4-23-54-45-41(48(44(52)53-3)28-30-15-17-33(46)18-16-30)27-39(47-55-5-2)37-25-32(12-6-8-21-49)36(14-7-9-22-50)42(43(37)45)38-26-35(19-20-40(38)57-45)56-34-13-10-11-31(24-34)29-51/h4,10-11,13,15-20,24-26,29,32,36,41-43,49-50H,1,5-9,12,14,21-23,27-28H2,2-3H3/t32-,36+,41-,42+,43+,45+/m0/s1. The van der Waals surface area contributed by atoms with Crippen LogP contribution in [0.5, 0.6) is 17.2 Å². The number of methoxy groups -OCH3 is 1. The summed E-state index contributed by atoms with van der Waals surface area (Å²) in [4.78, 5) is 33.0. The first kappa shape index (κ1) is 41.6. The number of hydrogen-bond acceptors (Lipinski definition) is 10. The van der Waals surface area contributed by atoms with Gasteiger partial charge in [0, 0.05) is 43.2 Å². The molecule has 1 saturated carbocycles. The molecule has 6 rings (SSSR count). The Morgan fingerprint density at radius 1 is 1.04 bits per heavy atom. The van der Waals surface area contributed by atoms with Gasteiger partial charge in [-0.25, -0.2) is 9.18 Å². The number of aldehydes is 1. The summed E-state index contributed by atoms with van der Waals surface area (Å²) < 4.78 is 40.1. The van der Waals surface area contributed by atoms with E-state index in [2.05, 4.69) is 12.7 Å². The van der Waals surface area contributed by atoms with Crippen LogP contribution in [0.2, 0.25) is 0 Å². The van der Waals surface area contributed by atoms with E-state index in [9.17, 15) is 24.2 Å². The number of oxime groups is 1. The molecule has 0 radical (unpaired) electrons. The van der Waals surface area contributed by atoms with Gasteiger partial charge in [-0.05, 0) is 98.0 Å². The van der Waals surface area contributed by atoms with Crippen LogP contribution in [0.1, 0.15) is 79.3 Å². The van der Waals surface area contributed by atoms with Gasteiger partial charge >= 0.3 is 6.09 Å². The molecule has 0 saturated heterocycles. The summed E-state index contributed by atoms with van der Waals surface area (Å²) in [6, 6.07) is 17.7. The van der Waals surface area contributed by atoms with Crippen molar-refractivity contribution in [3.05, 3.63) is 114 Å². The Bertz CT molecular complexity index is 1920. The number of allylic oxidation sites excluding steroid dienone is 1. The predicted octanol–water partition coefficient (Wildman–Crippen LogP) is 8.35. The van der Waals surface area contributed by atoms with E-state index in [0.29, 0.717) is 53.5 Å². The van der Waals surface area contributed by atoms with Crippen molar-refractivity contribution in [2.75, 3.05) is 33.5 Å². The second kappa shape index (κ2) is 19.4. The van der Waals surface area contributed by atoms with Crippen LogP contribution in [0, 0.1) is 23.6 Å². The minimum Gasteiger partial charge on any atom is -0.459 e. The first-order chi connectivity index (χ1) is 27.8. The minimum absolute atomic E-state index is 0.00255. The van der Waals surface area contributed by atoms with Gasteiger partial charge in [0.15, 0.2) is 0 Å². The van der Waals surface area contributed by atoms with E-state index in [1.54, 1.807) is 47.4 Å². The second-order valence-corrected chi connectivity index (χ2v) is 14.7. The van der Waals surface area contributed by atoms with E-state index < -0.39 is 29.7 Å². The number of amides is 1. The molecule has 6 atom stereocenters. The van der Waals surface area contributed by atoms with Crippen LogP contribution in [-0.2, 0) is 20.9 Å². The number of ether oxygens (including phenoxy) is 4. The third kappa shape index (κ3) is 9.08. The van der Waals surface area contributed by atoms with Gasteiger partial charge in [-0.15, -0.1) is 6.58 Å². The molecule has 1 fully saturated rings. The zero-order valence-electron chi connectivity index (χ0n) is 32.7. The molecule has 11 nitrogen and oxygen atoms in total. The molecule has 0 aromatic heterocycles. The Labute approximate surface area is 333 Å². The van der Waals surface area contributed by atoms with Crippen LogP contribution in [0.25, 0.3) is 0 Å². The van der Waals surface area contributed by atoms with Crippen molar-refractivity contribution in [1.29, 1.82) is 0 Å². The number of rotatable bonds is 19. The SMILES string of the molecule is C=CCO[C@@]12Oc3ccc(Oc4cccc(C=O)c4)cc3[C@H]3[C@H](CCCCO)[C@@H](CCCCO)C=C(C(=NOCC)C[C@@H]1N(Cc1ccc(F)cc1)C(=O)OC)[C@H]32. The molecule has 1 aliphatic heterocycles. The lowest BCUT2D eigenvalue weighted by atomic mass is 9.55. The lowest BCUT2D eigenvalue weighted by molar-refractivity contribution is -0.256. The molecule has 0 spiro atoms. The van der Waals surface area contributed by atoms with Gasteiger partial charge in [-0.3, -0.25) is 9.69 Å². The van der Waals surface area contributed by atoms with E-state index in [1.807, 2.05) is 25.1 Å². The van der Waals surface area contributed by atoms with Gasteiger partial charge in [-0.1, -0.05) is 54.4 Å². The topological polar surface area (TPSA) is 136 Å². The molecular weight excluding hydrogens is 731 g/mol. The van der Waals surface area contributed by atoms with Crippen LogP contribution in [0.4, 0.5) is 9.18 Å². The normalized spacial score (nSPS) is 24.0. The van der Waals surface area contributed by atoms with Gasteiger partial charge in [0.2, 0.25) is 5.79 Å². The summed E-state index contributed by atoms with van der Waals surface area (Å²) in [7, 11) is 1.32. The number of carbonyl (C=O) groups is 2. The molecule has 3 aromatic rings. The van der Waals surface area contributed by atoms with E-state index in [-0.39, 0.29) is 50.5 Å². The predicted molar refractivity (Wildman–Crippen MR) is 213 cm³/mol. The number of aliphatic hydroxyl groups is 2. The molecule has 3 aromatic carbocycles. The number of aliphatic hydroxyl groups excluding tert-OH is 2. The van der Waals surface area contributed by atoms with Crippen LogP contribution < -0.4 is 9.47 Å². The maximum absolute atomic E-state index is 14.1. The Morgan fingerprint density at radius 2 is 1.79 bits per heavy atom. The largest absolute Gasteiger partial charge is 0.459 e. The Kier molecular flexibility index (Phi) is 14.2. The fraction of sp³-hybridized carbons (Fsp3) is 0.444. The van der Waals surface area contributed by atoms with E-state index in [4.69, 9.17) is 28.9 Å². The minimum atomic E-state index is -1.50. The highest BCUT2D eigenvalue weighted by Gasteiger charge is 2.65. The van der Waals surface area contributed by atoms with Crippen molar-refractivity contribution in [1.82, 2.24) is 4.90 Å². The highest BCUT2D eigenvalue weighted by atomic mass is 19.1. The van der Waals surface area contributed by atoms with Crippen molar-refractivity contribution in [2.24, 2.45) is 22.9 Å². The molecule has 2 N–H and O–H groups in total. The number of carbonyl (C=O) groups excluding carboxylic acids is 2. The average Bonchev–Trinajstić information content (AvgIpc) is 3.23. The van der Waals surface area contributed by atoms with Gasteiger partial charge in [0.1, 0.15) is 42.0 Å². The van der Waals surface area contributed by atoms with E-state index >= 15 is 0 Å². The number of hydrogen-bond donors (Lipinski definition) is 2. The molecule has 0 unspecified atom stereocenters. The van der Waals surface area contributed by atoms with Crippen molar-refractivity contribution in [3.63, 3.8) is 0 Å². The summed E-state index contributed by atoms with van der Waals surface area (Å²) in [6.07, 6.45) is 8.65. The lowest BCUT2D eigenvalue weighted by Crippen LogP contribution is -2.70. The van der Waals surface area contributed by atoms with Crippen LogP contribution in [0.15, 0.2) is 96.2 Å². The second-order valence-electron chi connectivity index (χ2n) is 14.7. The van der Waals surface area contributed by atoms with E-state index in [0.717, 1.165) is 43.1 Å². The fourth-order valence-electron chi connectivity index (χ4n) is 8.85. The number of benzene rings is 3. The monoisotopic (exact) mass is 784 g/mol. The third-order valence-corrected chi connectivity index (χ3v) is 11.2. The van der Waals surface area contributed by atoms with Gasteiger partial charge in [0.25, 0.3) is 0 Å². The molecular formula is C45H53FN2O9. The zero-order valence-corrected chi connectivity index (χ0v) is 32.7. The number of unbranched alkanes of at least 4 members (excludes halogenated alkanes) is 2. The third-order valence-electron chi connectivity index (χ3n) is 11.2. The number of halogens is 1. The summed E-state index contributed by atoms with van der Waals surface area (Å²) in [5, 5.41) is 24.4. The smallest absolute Gasteiger partial charge is 0.410 e. The summed E-state index contributed by atoms with van der Waals surface area (Å²) in [6.45, 7) is 6.44. The molecule has 0 bridgehead atoms. The first-order valence-corrected chi connectivity index (χ1v) is 19.8. The maximum Gasteiger partial charge on any atom is 0.410 e. The van der Waals surface area contributed by atoms with Crippen molar-refractivity contribution < 1.29 is 48.0 Å². The van der Waals surface area contributed by atoms with Crippen LogP contribution in [-0.4, -0.2) is 78.6 Å². The van der Waals surface area contributed by atoms with Crippen molar-refractivity contribution in [2.45, 2.75) is 76.2 Å². The molecule has 57 heavy (non-hydrogen) atoms. The molecule has 2 aliphatic carbocycles. The molecule has 1 heterocycles. The zero-order chi connectivity index (χ0) is 40.4. The highest BCUT2D eigenvalue weighted by molar-refractivity contribution is 6.03. The number of fused-ring (bicyclic) bond motifs is 2. The van der Waals surface area contributed by atoms with E-state index in [1.165, 1.54) is 19.2 Å². The molecule has 12 heteroatoms.